The third-order valence-corrected chi connectivity index (χ3v) is 6.18. The second-order valence-corrected chi connectivity index (χ2v) is 8.05. The fraction of sp³-hybridized carbons (Fsp3) is 0.522. The Morgan fingerprint density at radius 1 is 0.943 bits per heavy atom. The van der Waals surface area contributed by atoms with Gasteiger partial charge in [-0.25, -0.2) is 14.7 Å². The van der Waals surface area contributed by atoms with Crippen molar-refractivity contribution in [3.8, 4) is 12.1 Å². The number of hydroxylamine groups is 4. The number of carbonyl (C=O) groups excluding carboxylic acids is 2. The summed E-state index contributed by atoms with van der Waals surface area (Å²) >= 11 is 1.90. The minimum absolute atomic E-state index is 0. The Balaban J connectivity index is 0.000000334. The summed E-state index contributed by atoms with van der Waals surface area (Å²) in [5.74, 6) is 0. The van der Waals surface area contributed by atoms with Gasteiger partial charge in [-0.2, -0.15) is 15.6 Å². The van der Waals surface area contributed by atoms with E-state index in [1.807, 2.05) is 59.0 Å². The topological polar surface area (TPSA) is 124 Å². The summed E-state index contributed by atoms with van der Waals surface area (Å²) < 4.78 is 0. The van der Waals surface area contributed by atoms with Gasteiger partial charge in [-0.15, -0.1) is 0 Å². The van der Waals surface area contributed by atoms with Crippen molar-refractivity contribution < 1.29 is 38.2 Å². The maximum atomic E-state index is 12.2. The molecule has 4 aliphatic heterocycles. The molecule has 0 saturated carbocycles. The summed E-state index contributed by atoms with van der Waals surface area (Å²) in [5.41, 5.74) is 1.03. The molecule has 4 aliphatic rings. The number of hydrogen-bond donors (Lipinski definition) is 1. The van der Waals surface area contributed by atoms with Crippen LogP contribution in [0.5, 0.6) is 0 Å². The molecule has 4 fully saturated rings. The van der Waals surface area contributed by atoms with Gasteiger partial charge in [0.25, 0.3) is 0 Å². The summed E-state index contributed by atoms with van der Waals surface area (Å²) in [6, 6.07) is 12.7. The van der Waals surface area contributed by atoms with Crippen LogP contribution in [0.25, 0.3) is 0 Å². The Morgan fingerprint density at radius 2 is 1.46 bits per heavy atom. The zero-order chi connectivity index (χ0) is 24.0. The average molecular weight is 632 g/mol. The molecule has 0 aromatic heterocycles. The van der Waals surface area contributed by atoms with Crippen molar-refractivity contribution in [3.05, 3.63) is 40.8 Å². The van der Waals surface area contributed by atoms with E-state index in [1.165, 1.54) is 9.96 Å². The van der Waals surface area contributed by atoms with Crippen LogP contribution in [-0.2, 0) is 30.0 Å². The number of rotatable bonds is 3. The molecule has 5 rings (SSSR count). The minimum Gasteiger partial charge on any atom is -0.319 e. The number of carbonyl (C=O) groups is 2. The van der Waals surface area contributed by atoms with Crippen molar-refractivity contribution in [2.24, 2.45) is 0 Å². The van der Waals surface area contributed by atoms with Gasteiger partial charge in [0, 0.05) is 31.6 Å². The molecule has 1 aromatic carbocycles. The summed E-state index contributed by atoms with van der Waals surface area (Å²) in [4.78, 5) is 35.3. The molecule has 189 valence electrons. The number of urea groups is 2. The van der Waals surface area contributed by atoms with Crippen LogP contribution in [0.1, 0.15) is 38.7 Å². The molecule has 4 heterocycles. The number of hydrogen-bond acceptors (Lipinski definition) is 6. The van der Waals surface area contributed by atoms with Crippen LogP contribution >= 0.6 is 22.6 Å². The van der Waals surface area contributed by atoms with Crippen LogP contribution in [0.4, 0.5) is 9.59 Å². The van der Waals surface area contributed by atoms with Crippen molar-refractivity contribution >= 4 is 34.7 Å². The second kappa shape index (κ2) is 14.5. The molecule has 0 unspecified atom stereocenters. The molecule has 4 saturated heterocycles. The van der Waals surface area contributed by atoms with Gasteiger partial charge in [-0.05, 0) is 31.2 Å². The van der Waals surface area contributed by atoms with Gasteiger partial charge in [-0.1, -0.05) is 37.8 Å². The Morgan fingerprint density at radius 3 is 2.03 bits per heavy atom. The van der Waals surface area contributed by atoms with Crippen molar-refractivity contribution in [1.29, 1.82) is 10.5 Å². The van der Waals surface area contributed by atoms with E-state index >= 15 is 0 Å². The molecule has 35 heavy (non-hydrogen) atoms. The van der Waals surface area contributed by atoms with Gasteiger partial charge in [0.2, 0.25) is 0 Å². The number of halogens is 1. The fourth-order valence-electron chi connectivity index (χ4n) is 4.44. The molecule has 4 bridgehead atoms. The van der Waals surface area contributed by atoms with Gasteiger partial charge >= 0.3 is 12.1 Å². The number of nitrogens with zero attached hydrogens (tertiary/aromatic N) is 6. The Kier molecular flexibility index (Phi) is 12.9. The molecular weight excluding hydrogens is 602 g/mol. The molecule has 1 aromatic rings. The third kappa shape index (κ3) is 6.80. The minimum atomic E-state index is -0.427. The van der Waals surface area contributed by atoms with E-state index in [-0.39, 0.29) is 56.2 Å². The molecule has 4 atom stereocenters. The maximum Gasteiger partial charge on any atom is 0.345 e. The van der Waals surface area contributed by atoms with Crippen LogP contribution in [0.15, 0.2) is 30.3 Å². The van der Waals surface area contributed by atoms with E-state index in [2.05, 4.69) is 11.0 Å². The quantitative estimate of drug-likeness (QED) is 0.306. The number of piperidine rings is 2. The number of benzene rings is 1. The van der Waals surface area contributed by atoms with Crippen LogP contribution in [0, 0.1) is 27.6 Å². The van der Waals surface area contributed by atoms with Gasteiger partial charge in [0.1, 0.15) is 18.7 Å². The van der Waals surface area contributed by atoms with Crippen molar-refractivity contribution in [3.63, 3.8) is 0 Å². The van der Waals surface area contributed by atoms with Gasteiger partial charge < -0.3 is 32.4 Å². The first-order chi connectivity index (χ1) is 16.0. The molecule has 1 N–H and O–H groups in total. The second-order valence-electron chi connectivity index (χ2n) is 8.05. The largest absolute Gasteiger partial charge is 0.345 e. The van der Waals surface area contributed by atoms with Crippen LogP contribution in [0.3, 0.4) is 0 Å². The van der Waals surface area contributed by atoms with Crippen LogP contribution in [0.2, 0.25) is 0 Å². The molecule has 10 nitrogen and oxygen atoms in total. The van der Waals surface area contributed by atoms with E-state index in [4.69, 9.17) is 15.4 Å². The average Bonchev–Trinajstić information content (AvgIpc) is 3.25. The number of amides is 4. The summed E-state index contributed by atoms with van der Waals surface area (Å²) in [7, 11) is 0. The van der Waals surface area contributed by atoms with Crippen LogP contribution in [-0.4, -0.2) is 74.5 Å². The predicted octanol–water partition coefficient (Wildman–Crippen LogP) is 3.92. The van der Waals surface area contributed by atoms with E-state index < -0.39 is 6.03 Å². The fourth-order valence-corrected chi connectivity index (χ4v) is 4.44. The molecular formula is C23H30IN6O4V-. The predicted molar refractivity (Wildman–Crippen MR) is 132 cm³/mol. The van der Waals surface area contributed by atoms with E-state index in [1.54, 1.807) is 4.90 Å². The van der Waals surface area contributed by atoms with Gasteiger partial charge in [-0.3, -0.25) is 15.0 Å². The Labute approximate surface area is 232 Å². The molecule has 0 spiro atoms. The van der Waals surface area contributed by atoms with Gasteiger partial charge in [0.15, 0.2) is 0 Å². The SMILES string of the molecule is C.N#C[C@@H]1CC[C@H]2CN1C(=O)N2O.N#C[C@@H]1CC[C@H]2CN1C(=O)N2OCc1ccccc1.[CH2-]I.[V]. The van der Waals surface area contributed by atoms with E-state index in [9.17, 15) is 14.8 Å². The smallest absolute Gasteiger partial charge is 0.319 e. The molecule has 4 amide bonds. The molecule has 0 aliphatic carbocycles. The first-order valence-electron chi connectivity index (χ1n) is 10.6. The molecule has 1 radical (unpaired) electrons. The molecule has 12 heteroatoms. The summed E-state index contributed by atoms with van der Waals surface area (Å²) in [5, 5.41) is 29.1. The normalized spacial score (nSPS) is 25.6. The maximum absolute atomic E-state index is 12.2. The van der Waals surface area contributed by atoms with E-state index in [0.29, 0.717) is 26.1 Å². The van der Waals surface area contributed by atoms with Crippen molar-refractivity contribution in [2.75, 3.05) is 13.1 Å². The summed E-state index contributed by atoms with van der Waals surface area (Å²) in [6.45, 7) is 1.48. The van der Waals surface area contributed by atoms with Gasteiger partial charge in [0.05, 0.1) is 24.2 Å². The van der Waals surface area contributed by atoms with Crippen LogP contribution < -0.4 is 0 Å². The third-order valence-electron chi connectivity index (χ3n) is 6.18. The monoisotopic (exact) mass is 632 g/mol. The standard InChI is InChI=1S/C14H15N3O2.C7H9N3O2.CH2I.CH4.V/c15-8-12-6-7-13-9-16(12)14(18)17(13)19-10-11-4-2-1-3-5-11;8-3-5-1-2-6-4-9(5)7(11)10(6)12;1-2;;/h1-5,12-13H,6-7,9-10H2;5-6,12H,1-2,4H2;1H2;1H4;/q;;-1;;/t12-,13-;5-,6-;;;/m00.../s1. The van der Waals surface area contributed by atoms with E-state index in [0.717, 1.165) is 29.9 Å². The first kappa shape index (κ1) is 31.0. The van der Waals surface area contributed by atoms with Crippen molar-refractivity contribution in [2.45, 2.75) is 63.9 Å². The Hall–Kier alpha value is -2.03. The zero-order valence-electron chi connectivity index (χ0n) is 18.5. The number of fused-ring (bicyclic) bond motifs is 4. The Bertz CT molecular complexity index is 927. The van der Waals surface area contributed by atoms with Crippen molar-refractivity contribution in [1.82, 2.24) is 19.9 Å². The zero-order valence-corrected chi connectivity index (χ0v) is 22.1. The summed E-state index contributed by atoms with van der Waals surface area (Å²) in [6.07, 6.45) is 2.95. The first-order valence-corrected chi connectivity index (χ1v) is 12.2. The number of nitriles is 2.